The molecule has 2 atom stereocenters. The molecule has 0 bridgehead atoms. The first-order chi connectivity index (χ1) is 13.1. The number of nitrogens with one attached hydrogen (secondary N) is 1. The van der Waals surface area contributed by atoms with Crippen molar-refractivity contribution in [3.05, 3.63) is 65.2 Å². The lowest BCUT2D eigenvalue weighted by atomic mass is 10.0. The maximum atomic E-state index is 12.6. The second-order valence-corrected chi connectivity index (χ2v) is 7.28. The summed E-state index contributed by atoms with van der Waals surface area (Å²) in [6, 6.07) is 15.6. The van der Waals surface area contributed by atoms with Gasteiger partial charge in [0.05, 0.1) is 12.5 Å². The van der Waals surface area contributed by atoms with Crippen LogP contribution in [0.15, 0.2) is 48.5 Å². The number of hydrogen-bond acceptors (Lipinski definition) is 4. The molecule has 2 heterocycles. The van der Waals surface area contributed by atoms with Crippen LogP contribution < -0.4 is 10.2 Å². The Morgan fingerprint density at radius 1 is 1.22 bits per heavy atom. The Balaban J connectivity index is 1.40. The summed E-state index contributed by atoms with van der Waals surface area (Å²) in [5, 5.41) is 3.33. The van der Waals surface area contributed by atoms with Gasteiger partial charge in [-0.25, -0.2) is 0 Å². The first-order valence-corrected chi connectivity index (χ1v) is 9.53. The van der Waals surface area contributed by atoms with Gasteiger partial charge in [-0.05, 0) is 55.6 Å². The summed E-state index contributed by atoms with van der Waals surface area (Å²) < 4.78 is 5.47. The number of benzene rings is 2. The first kappa shape index (κ1) is 17.7. The van der Waals surface area contributed by atoms with E-state index in [1.807, 2.05) is 55.5 Å². The topological polar surface area (TPSA) is 58.6 Å². The fourth-order valence-corrected chi connectivity index (χ4v) is 3.75. The molecule has 27 heavy (non-hydrogen) atoms. The summed E-state index contributed by atoms with van der Waals surface area (Å²) in [5.74, 6) is -0.511. The third-order valence-corrected chi connectivity index (χ3v) is 5.47. The molecule has 1 fully saturated rings. The van der Waals surface area contributed by atoms with E-state index >= 15 is 0 Å². The van der Waals surface area contributed by atoms with Crippen molar-refractivity contribution in [2.75, 3.05) is 18.1 Å². The number of anilines is 1. The molecule has 4 rings (SSSR count). The lowest BCUT2D eigenvalue weighted by Crippen LogP contribution is -2.29. The lowest BCUT2D eigenvalue weighted by molar-refractivity contribution is -0.145. The van der Waals surface area contributed by atoms with Gasteiger partial charge in [0.1, 0.15) is 6.61 Å². The van der Waals surface area contributed by atoms with E-state index in [4.69, 9.17) is 4.74 Å². The van der Waals surface area contributed by atoms with Crippen LogP contribution >= 0.6 is 0 Å². The van der Waals surface area contributed by atoms with Gasteiger partial charge in [0.15, 0.2) is 0 Å². The van der Waals surface area contributed by atoms with Crippen LogP contribution in [-0.4, -0.2) is 31.1 Å². The zero-order valence-corrected chi connectivity index (χ0v) is 15.5. The molecule has 0 aliphatic carbocycles. The summed E-state index contributed by atoms with van der Waals surface area (Å²) in [7, 11) is 0. The Morgan fingerprint density at radius 2 is 2.00 bits per heavy atom. The molecule has 2 aromatic carbocycles. The summed E-state index contributed by atoms with van der Waals surface area (Å²) >= 11 is 0. The number of carbonyl (C=O) groups is 2. The Kier molecular flexibility index (Phi) is 4.94. The molecule has 0 radical (unpaired) electrons. The monoisotopic (exact) mass is 364 g/mol. The molecule has 0 spiro atoms. The van der Waals surface area contributed by atoms with Crippen molar-refractivity contribution < 1.29 is 14.3 Å². The molecule has 5 nitrogen and oxygen atoms in total. The van der Waals surface area contributed by atoms with Crippen molar-refractivity contribution in [1.82, 2.24) is 5.32 Å². The highest BCUT2D eigenvalue weighted by Crippen LogP contribution is 2.29. The number of carbonyl (C=O) groups excluding carboxylic acids is 2. The molecule has 2 aliphatic heterocycles. The molecule has 0 aromatic heterocycles. The van der Waals surface area contributed by atoms with E-state index in [1.54, 1.807) is 4.90 Å². The minimum absolute atomic E-state index is 0.0230. The maximum Gasteiger partial charge on any atom is 0.313 e. The quantitative estimate of drug-likeness (QED) is 0.828. The third-order valence-electron chi connectivity index (χ3n) is 5.47. The van der Waals surface area contributed by atoms with Crippen molar-refractivity contribution in [2.45, 2.75) is 38.3 Å². The second-order valence-electron chi connectivity index (χ2n) is 7.28. The Hall–Kier alpha value is -2.66. The summed E-state index contributed by atoms with van der Waals surface area (Å²) in [6.07, 6.45) is 2.20. The smallest absolute Gasteiger partial charge is 0.313 e. The first-order valence-electron chi connectivity index (χ1n) is 9.53. The van der Waals surface area contributed by atoms with Crippen LogP contribution in [-0.2, 0) is 16.1 Å². The van der Waals surface area contributed by atoms with Crippen molar-refractivity contribution in [3.8, 4) is 0 Å². The summed E-state index contributed by atoms with van der Waals surface area (Å²) in [4.78, 5) is 26.7. The molecular formula is C22H24N2O3. The minimum atomic E-state index is -0.327. The van der Waals surface area contributed by atoms with Gasteiger partial charge in [-0.3, -0.25) is 9.59 Å². The summed E-state index contributed by atoms with van der Waals surface area (Å²) in [5.41, 5.74) is 3.55. The normalized spacial score (nSPS) is 19.8. The Bertz CT molecular complexity index is 841. The van der Waals surface area contributed by atoms with Gasteiger partial charge >= 0.3 is 5.97 Å². The number of nitrogens with zero attached hydrogens (tertiary/aromatic N) is 1. The van der Waals surface area contributed by atoms with Gasteiger partial charge in [-0.1, -0.05) is 30.3 Å². The standard InChI is InChI=1S/C22H24N2O3/c1-15(22(26)27-14-18-6-4-12-23-18)16-8-10-19(11-9-16)24-13-17-5-2-3-7-20(17)21(24)25/h2-3,5,7-11,15,18,23H,4,6,12-14H2,1H3. The van der Waals surface area contributed by atoms with Gasteiger partial charge in [0.2, 0.25) is 0 Å². The van der Waals surface area contributed by atoms with Crippen molar-refractivity contribution >= 4 is 17.6 Å². The predicted molar refractivity (Wildman–Crippen MR) is 104 cm³/mol. The van der Waals surface area contributed by atoms with Gasteiger partial charge in [0.25, 0.3) is 5.91 Å². The van der Waals surface area contributed by atoms with Crippen LogP contribution in [0.2, 0.25) is 0 Å². The van der Waals surface area contributed by atoms with E-state index in [9.17, 15) is 9.59 Å². The van der Waals surface area contributed by atoms with E-state index < -0.39 is 0 Å². The fourth-order valence-electron chi connectivity index (χ4n) is 3.75. The highest BCUT2D eigenvalue weighted by molar-refractivity contribution is 6.09. The molecule has 1 saturated heterocycles. The molecule has 5 heteroatoms. The number of amides is 1. The van der Waals surface area contributed by atoms with E-state index in [0.717, 1.165) is 41.8 Å². The van der Waals surface area contributed by atoms with Gasteiger partial charge in [-0.2, -0.15) is 0 Å². The largest absolute Gasteiger partial charge is 0.464 e. The van der Waals surface area contributed by atoms with Crippen LogP contribution in [0.4, 0.5) is 5.69 Å². The zero-order valence-electron chi connectivity index (χ0n) is 15.5. The predicted octanol–water partition coefficient (Wildman–Crippen LogP) is 3.25. The van der Waals surface area contributed by atoms with E-state index in [-0.39, 0.29) is 23.8 Å². The van der Waals surface area contributed by atoms with E-state index in [1.165, 1.54) is 0 Å². The molecule has 140 valence electrons. The van der Waals surface area contributed by atoms with Gasteiger partial charge in [-0.15, -0.1) is 0 Å². The molecule has 2 unspecified atom stereocenters. The number of rotatable bonds is 5. The zero-order chi connectivity index (χ0) is 18.8. The average molecular weight is 364 g/mol. The second kappa shape index (κ2) is 7.53. The maximum absolute atomic E-state index is 12.6. The van der Waals surface area contributed by atoms with E-state index in [2.05, 4.69) is 5.32 Å². The third kappa shape index (κ3) is 3.60. The highest BCUT2D eigenvalue weighted by atomic mass is 16.5. The number of hydrogen-bond donors (Lipinski definition) is 1. The minimum Gasteiger partial charge on any atom is -0.464 e. The Labute approximate surface area is 159 Å². The molecular weight excluding hydrogens is 340 g/mol. The van der Waals surface area contributed by atoms with Gasteiger partial charge < -0.3 is 15.0 Å². The van der Waals surface area contributed by atoms with Gasteiger partial charge in [0, 0.05) is 17.3 Å². The number of esters is 1. The highest BCUT2D eigenvalue weighted by Gasteiger charge is 2.28. The average Bonchev–Trinajstić information content (AvgIpc) is 3.34. The van der Waals surface area contributed by atoms with Crippen LogP contribution in [0.3, 0.4) is 0 Å². The van der Waals surface area contributed by atoms with Crippen LogP contribution in [0.5, 0.6) is 0 Å². The molecule has 1 N–H and O–H groups in total. The van der Waals surface area contributed by atoms with E-state index in [0.29, 0.717) is 13.2 Å². The van der Waals surface area contributed by atoms with Crippen molar-refractivity contribution in [2.24, 2.45) is 0 Å². The lowest BCUT2D eigenvalue weighted by Gasteiger charge is -2.18. The fraction of sp³-hybridized carbons (Fsp3) is 0.364. The SMILES string of the molecule is CC(C(=O)OCC1CCCN1)c1ccc(N2Cc3ccccc3C2=O)cc1. The van der Waals surface area contributed by atoms with Crippen LogP contribution in [0.25, 0.3) is 0 Å². The molecule has 0 saturated carbocycles. The van der Waals surface area contributed by atoms with Crippen molar-refractivity contribution in [1.29, 1.82) is 0 Å². The van der Waals surface area contributed by atoms with Crippen molar-refractivity contribution in [3.63, 3.8) is 0 Å². The van der Waals surface area contributed by atoms with Crippen LogP contribution in [0, 0.1) is 0 Å². The number of fused-ring (bicyclic) bond motifs is 1. The molecule has 2 aliphatic rings. The molecule has 2 aromatic rings. The Morgan fingerprint density at radius 3 is 2.70 bits per heavy atom. The molecule has 1 amide bonds. The number of ether oxygens (including phenoxy) is 1. The van der Waals surface area contributed by atoms with Crippen LogP contribution in [0.1, 0.15) is 47.2 Å². The summed E-state index contributed by atoms with van der Waals surface area (Å²) in [6.45, 7) is 3.87.